The Balaban J connectivity index is 1.64. The largest absolute Gasteiger partial charge is 0.341 e. The van der Waals surface area contributed by atoms with Crippen molar-refractivity contribution in [2.75, 3.05) is 5.75 Å². The van der Waals surface area contributed by atoms with E-state index < -0.39 is 0 Å². The lowest BCUT2D eigenvalue weighted by Gasteiger charge is -2.17. The molecule has 0 amide bonds. The van der Waals surface area contributed by atoms with Crippen molar-refractivity contribution in [1.82, 2.24) is 9.55 Å². The molecule has 0 radical (unpaired) electrons. The smallest absolute Gasteiger partial charge is 0.195 e. The molecule has 146 valence electrons. The van der Waals surface area contributed by atoms with Crippen LogP contribution in [0.4, 0.5) is 0 Å². The van der Waals surface area contributed by atoms with Crippen LogP contribution < -0.4 is 0 Å². The minimum atomic E-state index is 0.0908. The molecule has 0 spiro atoms. The van der Waals surface area contributed by atoms with E-state index in [0.29, 0.717) is 0 Å². The molecule has 0 N–H and O–H groups in total. The fraction of sp³-hybridized carbons (Fsp3) is 0.200. The minimum absolute atomic E-state index is 0.0908. The number of pyridine rings is 1. The van der Waals surface area contributed by atoms with Gasteiger partial charge in [-0.1, -0.05) is 54.6 Å². The second-order valence-electron chi connectivity index (χ2n) is 7.20. The zero-order valence-corrected chi connectivity index (χ0v) is 17.5. The third kappa shape index (κ3) is 3.99. The highest BCUT2D eigenvalue weighted by Gasteiger charge is 2.22. The Hall–Kier alpha value is -2.85. The predicted octanol–water partition coefficient (Wildman–Crippen LogP) is 6.32. The normalized spacial score (nSPS) is 12.2. The lowest BCUT2D eigenvalue weighted by Crippen LogP contribution is -2.10. The van der Waals surface area contributed by atoms with Crippen LogP contribution in [0, 0.1) is 6.92 Å². The average molecular weight is 401 g/mol. The molecule has 0 saturated carbocycles. The maximum atomic E-state index is 13.3. The van der Waals surface area contributed by atoms with Crippen LogP contribution in [-0.4, -0.2) is 21.1 Å². The van der Waals surface area contributed by atoms with Crippen molar-refractivity contribution in [3.8, 4) is 0 Å². The van der Waals surface area contributed by atoms with Gasteiger partial charge in [0.1, 0.15) is 0 Å². The van der Waals surface area contributed by atoms with Gasteiger partial charge in [-0.05, 0) is 38.5 Å². The highest BCUT2D eigenvalue weighted by atomic mass is 32.2. The van der Waals surface area contributed by atoms with Crippen molar-refractivity contribution in [1.29, 1.82) is 0 Å². The van der Waals surface area contributed by atoms with Crippen LogP contribution in [0.3, 0.4) is 0 Å². The van der Waals surface area contributed by atoms with Crippen LogP contribution in [0.5, 0.6) is 0 Å². The van der Waals surface area contributed by atoms with Crippen LogP contribution >= 0.6 is 11.8 Å². The van der Waals surface area contributed by atoms with E-state index in [1.807, 2.05) is 66.9 Å². The molecule has 0 aliphatic carbocycles. The van der Waals surface area contributed by atoms with Crippen LogP contribution in [-0.2, 0) is 0 Å². The number of benzene rings is 2. The Morgan fingerprint density at radius 1 is 1.00 bits per heavy atom. The zero-order chi connectivity index (χ0) is 20.2. The number of para-hydroxylation sites is 1. The predicted molar refractivity (Wildman–Crippen MR) is 121 cm³/mol. The summed E-state index contributed by atoms with van der Waals surface area (Å²) in [5.41, 5.74) is 3.71. The number of aromatic nitrogens is 2. The van der Waals surface area contributed by atoms with Crippen molar-refractivity contribution >= 4 is 28.4 Å². The number of ketones is 1. The van der Waals surface area contributed by atoms with E-state index in [9.17, 15) is 4.79 Å². The molecule has 1 atom stereocenters. The van der Waals surface area contributed by atoms with Gasteiger partial charge >= 0.3 is 0 Å². The Kier molecular flexibility index (Phi) is 5.81. The second-order valence-corrected chi connectivity index (χ2v) is 8.31. The number of fused-ring (bicyclic) bond motifs is 1. The highest BCUT2D eigenvalue weighted by Crippen LogP contribution is 2.32. The number of hydrogen-bond donors (Lipinski definition) is 0. The molecule has 0 aliphatic heterocycles. The van der Waals surface area contributed by atoms with Crippen LogP contribution in [0.25, 0.3) is 10.9 Å². The van der Waals surface area contributed by atoms with Gasteiger partial charge in [0, 0.05) is 40.2 Å². The van der Waals surface area contributed by atoms with Gasteiger partial charge < -0.3 is 4.57 Å². The fourth-order valence-corrected chi connectivity index (χ4v) is 4.85. The number of carbonyl (C=O) groups is 1. The van der Waals surface area contributed by atoms with Crippen molar-refractivity contribution in [2.24, 2.45) is 0 Å². The first-order valence-electron chi connectivity index (χ1n) is 9.90. The first kappa shape index (κ1) is 19.5. The van der Waals surface area contributed by atoms with Crippen LogP contribution in [0.15, 0.2) is 84.0 Å². The molecule has 2 aromatic heterocycles. The van der Waals surface area contributed by atoms with Crippen molar-refractivity contribution in [3.05, 3.63) is 95.8 Å². The van der Waals surface area contributed by atoms with E-state index in [0.717, 1.165) is 44.9 Å². The summed E-state index contributed by atoms with van der Waals surface area (Å²) >= 11 is 1.77. The van der Waals surface area contributed by atoms with Gasteiger partial charge in [0.15, 0.2) is 5.78 Å². The fourth-order valence-electron chi connectivity index (χ4n) is 3.88. The molecule has 0 aliphatic rings. The van der Waals surface area contributed by atoms with E-state index in [1.165, 1.54) is 0 Å². The number of hydrogen-bond acceptors (Lipinski definition) is 3. The van der Waals surface area contributed by atoms with Gasteiger partial charge in [0.25, 0.3) is 0 Å². The zero-order valence-electron chi connectivity index (χ0n) is 16.7. The molecule has 0 fully saturated rings. The maximum absolute atomic E-state index is 13.3. The van der Waals surface area contributed by atoms with Crippen molar-refractivity contribution in [2.45, 2.75) is 31.3 Å². The number of thioether (sulfide) groups is 1. The quantitative estimate of drug-likeness (QED) is 0.269. The van der Waals surface area contributed by atoms with Gasteiger partial charge in [-0.3, -0.25) is 4.79 Å². The average Bonchev–Trinajstić information content (AvgIpc) is 3.06. The summed E-state index contributed by atoms with van der Waals surface area (Å²) < 4.78 is 2.32. The second kappa shape index (κ2) is 8.66. The van der Waals surface area contributed by atoms with E-state index >= 15 is 0 Å². The third-order valence-electron chi connectivity index (χ3n) is 5.28. The lowest BCUT2D eigenvalue weighted by atomic mass is 10.0. The standard InChI is InChI=1S/C25H24N2OS/c1-18(15-17-29-23-14-8-9-16-26-23)27-19(2)24(21-12-6-7-13-22(21)27)25(28)20-10-4-3-5-11-20/h3-14,16,18H,15,17H2,1-2H3. The van der Waals surface area contributed by atoms with Crippen molar-refractivity contribution in [3.63, 3.8) is 0 Å². The lowest BCUT2D eigenvalue weighted by molar-refractivity contribution is 0.103. The Morgan fingerprint density at radius 2 is 1.72 bits per heavy atom. The van der Waals surface area contributed by atoms with Gasteiger partial charge in [0.05, 0.1) is 10.6 Å². The number of nitrogens with zero attached hydrogens (tertiary/aromatic N) is 2. The van der Waals surface area contributed by atoms with Crippen LogP contribution in [0.1, 0.15) is 41.0 Å². The first-order chi connectivity index (χ1) is 14.2. The summed E-state index contributed by atoms with van der Waals surface area (Å²) in [4.78, 5) is 17.7. The maximum Gasteiger partial charge on any atom is 0.195 e. The first-order valence-corrected chi connectivity index (χ1v) is 10.9. The Morgan fingerprint density at radius 3 is 2.48 bits per heavy atom. The summed E-state index contributed by atoms with van der Waals surface area (Å²) in [7, 11) is 0. The molecule has 29 heavy (non-hydrogen) atoms. The molecule has 0 bridgehead atoms. The summed E-state index contributed by atoms with van der Waals surface area (Å²) in [5, 5.41) is 2.08. The van der Waals surface area contributed by atoms with Crippen molar-refractivity contribution < 1.29 is 4.79 Å². The van der Waals surface area contributed by atoms with Gasteiger partial charge in [0.2, 0.25) is 0 Å². The summed E-state index contributed by atoms with van der Waals surface area (Å²) in [5.74, 6) is 1.07. The molecular weight excluding hydrogens is 376 g/mol. The SMILES string of the molecule is Cc1c(C(=O)c2ccccc2)c2ccccc2n1C(C)CCSc1ccccn1. The number of carbonyl (C=O) groups excluding carboxylic acids is 1. The highest BCUT2D eigenvalue weighted by molar-refractivity contribution is 7.99. The molecule has 3 nitrogen and oxygen atoms in total. The van der Waals surface area contributed by atoms with E-state index in [4.69, 9.17) is 0 Å². The van der Waals surface area contributed by atoms with Gasteiger partial charge in [-0.25, -0.2) is 4.98 Å². The van der Waals surface area contributed by atoms with E-state index in [2.05, 4.69) is 35.5 Å². The topological polar surface area (TPSA) is 34.9 Å². The summed E-state index contributed by atoms with van der Waals surface area (Å²) in [6.07, 6.45) is 2.83. The summed E-state index contributed by atoms with van der Waals surface area (Å²) in [6.45, 7) is 4.30. The monoisotopic (exact) mass is 400 g/mol. The molecule has 1 unspecified atom stereocenters. The molecule has 4 heteroatoms. The molecular formula is C25H24N2OS. The van der Waals surface area contributed by atoms with Crippen LogP contribution in [0.2, 0.25) is 0 Å². The molecule has 4 aromatic rings. The van der Waals surface area contributed by atoms with E-state index in [1.54, 1.807) is 11.8 Å². The van der Waals surface area contributed by atoms with Gasteiger partial charge in [-0.2, -0.15) is 0 Å². The van der Waals surface area contributed by atoms with Gasteiger partial charge in [-0.15, -0.1) is 11.8 Å². The van der Waals surface area contributed by atoms with E-state index in [-0.39, 0.29) is 11.8 Å². The molecule has 2 heterocycles. The number of rotatable bonds is 7. The third-order valence-corrected chi connectivity index (χ3v) is 6.26. The Labute approximate surface area is 175 Å². The molecule has 4 rings (SSSR count). The minimum Gasteiger partial charge on any atom is -0.341 e. The summed E-state index contributed by atoms with van der Waals surface area (Å²) in [6, 6.07) is 24.1. The molecule has 2 aromatic carbocycles. The Bertz CT molecular complexity index is 1120. The molecule has 0 saturated heterocycles.